The molecule has 0 bridgehead atoms. The fourth-order valence-electron chi connectivity index (χ4n) is 2.99. The average Bonchev–Trinajstić information content (AvgIpc) is 3.02. The van der Waals surface area contributed by atoms with Crippen molar-refractivity contribution in [2.75, 3.05) is 31.9 Å². The highest BCUT2D eigenvalue weighted by Crippen LogP contribution is 2.23. The Morgan fingerprint density at radius 2 is 1.81 bits per heavy atom. The van der Waals surface area contributed by atoms with Crippen LogP contribution in [0.5, 0.6) is 0 Å². The molecule has 0 aliphatic carbocycles. The van der Waals surface area contributed by atoms with Crippen molar-refractivity contribution in [3.05, 3.63) is 51.5 Å². The number of nitrogens with zero attached hydrogens (tertiary/aromatic N) is 3. The van der Waals surface area contributed by atoms with Gasteiger partial charge in [-0.25, -0.2) is 13.4 Å². The minimum absolute atomic E-state index is 0.0483. The summed E-state index contributed by atoms with van der Waals surface area (Å²) in [5.74, 6) is 0.0467. The van der Waals surface area contributed by atoms with Crippen molar-refractivity contribution in [1.82, 2.24) is 14.2 Å². The summed E-state index contributed by atoms with van der Waals surface area (Å²) in [7, 11) is -3.19. The maximum atomic E-state index is 12.8. The molecule has 1 aromatic heterocycles. The summed E-state index contributed by atoms with van der Waals surface area (Å²) >= 11 is 1.43. The minimum Gasteiger partial charge on any atom is -0.335 e. The van der Waals surface area contributed by atoms with Gasteiger partial charge in [-0.3, -0.25) is 4.79 Å². The van der Waals surface area contributed by atoms with Crippen LogP contribution in [-0.4, -0.2) is 60.4 Å². The second kappa shape index (κ2) is 7.85. The van der Waals surface area contributed by atoms with Gasteiger partial charge in [-0.15, -0.1) is 11.3 Å². The summed E-state index contributed by atoms with van der Waals surface area (Å²) in [4.78, 5) is 19.8. The van der Waals surface area contributed by atoms with Gasteiger partial charge in [0.1, 0.15) is 4.88 Å². The molecule has 0 saturated carbocycles. The van der Waals surface area contributed by atoms with Crippen LogP contribution in [0.25, 0.3) is 0 Å². The molecule has 6 nitrogen and oxygen atoms in total. The van der Waals surface area contributed by atoms with E-state index in [0.717, 1.165) is 10.7 Å². The number of hydrogen-bond acceptors (Lipinski definition) is 5. The lowest BCUT2D eigenvalue weighted by Gasteiger charge is -2.33. The zero-order valence-electron chi connectivity index (χ0n) is 15.0. The van der Waals surface area contributed by atoms with Crippen LogP contribution in [0.1, 0.15) is 32.9 Å². The van der Waals surface area contributed by atoms with Gasteiger partial charge >= 0.3 is 0 Å². The van der Waals surface area contributed by atoms with Crippen molar-refractivity contribution in [3.63, 3.8) is 0 Å². The minimum atomic E-state index is -3.19. The van der Waals surface area contributed by atoms with Gasteiger partial charge in [0.2, 0.25) is 10.0 Å². The first-order chi connectivity index (χ1) is 12.4. The van der Waals surface area contributed by atoms with Gasteiger partial charge in [-0.05, 0) is 19.4 Å². The van der Waals surface area contributed by atoms with Crippen molar-refractivity contribution in [3.8, 4) is 0 Å². The molecule has 3 rings (SSSR count). The van der Waals surface area contributed by atoms with E-state index in [-0.39, 0.29) is 11.7 Å². The van der Waals surface area contributed by atoms with Gasteiger partial charge in [0, 0.05) is 32.6 Å². The molecule has 8 heteroatoms. The lowest BCUT2D eigenvalue weighted by molar-refractivity contribution is 0.0702. The van der Waals surface area contributed by atoms with Crippen molar-refractivity contribution in [2.45, 2.75) is 20.3 Å². The van der Waals surface area contributed by atoms with Crippen LogP contribution >= 0.6 is 11.3 Å². The molecule has 2 aromatic rings. The second-order valence-electron chi connectivity index (χ2n) is 6.28. The summed E-state index contributed by atoms with van der Waals surface area (Å²) in [6, 6.07) is 10.1. The Morgan fingerprint density at radius 1 is 1.15 bits per heavy atom. The fourth-order valence-corrected chi connectivity index (χ4v) is 5.14. The van der Waals surface area contributed by atoms with Gasteiger partial charge in [-0.1, -0.05) is 30.3 Å². The van der Waals surface area contributed by atoms with E-state index in [2.05, 4.69) is 4.98 Å². The quantitative estimate of drug-likeness (QED) is 0.780. The zero-order valence-corrected chi connectivity index (χ0v) is 16.6. The van der Waals surface area contributed by atoms with Gasteiger partial charge in [0.05, 0.1) is 16.5 Å². The maximum Gasteiger partial charge on any atom is 0.265 e. The van der Waals surface area contributed by atoms with E-state index < -0.39 is 10.0 Å². The molecule has 1 amide bonds. The number of piperazine rings is 1. The normalized spacial score (nSPS) is 16.0. The number of amides is 1. The molecule has 0 atom stereocenters. The van der Waals surface area contributed by atoms with Crippen LogP contribution in [0, 0.1) is 6.92 Å². The molecule has 0 spiro atoms. The number of thiazole rings is 1. The van der Waals surface area contributed by atoms with E-state index in [4.69, 9.17) is 0 Å². The first-order valence-electron chi connectivity index (χ1n) is 8.68. The van der Waals surface area contributed by atoms with Crippen molar-refractivity contribution < 1.29 is 13.2 Å². The fraction of sp³-hybridized carbons (Fsp3) is 0.444. The molecule has 0 radical (unpaired) electrons. The van der Waals surface area contributed by atoms with Gasteiger partial charge in [0.25, 0.3) is 5.91 Å². The largest absolute Gasteiger partial charge is 0.335 e. The van der Waals surface area contributed by atoms with E-state index in [1.807, 2.05) is 37.3 Å². The summed E-state index contributed by atoms with van der Waals surface area (Å²) in [6.07, 6.45) is 0.710. The number of rotatable bonds is 5. The highest BCUT2D eigenvalue weighted by atomic mass is 32.2. The number of carbonyl (C=O) groups excluding carboxylic acids is 1. The van der Waals surface area contributed by atoms with E-state index >= 15 is 0 Å². The van der Waals surface area contributed by atoms with Crippen molar-refractivity contribution >= 4 is 27.3 Å². The highest BCUT2D eigenvalue weighted by molar-refractivity contribution is 7.89. The van der Waals surface area contributed by atoms with E-state index in [9.17, 15) is 13.2 Å². The van der Waals surface area contributed by atoms with Gasteiger partial charge in [-0.2, -0.15) is 4.31 Å². The molecule has 0 N–H and O–H groups in total. The van der Waals surface area contributed by atoms with Crippen molar-refractivity contribution in [2.24, 2.45) is 0 Å². The lowest BCUT2D eigenvalue weighted by Crippen LogP contribution is -2.50. The summed E-state index contributed by atoms with van der Waals surface area (Å²) in [6.45, 7) is 5.05. The Hall–Kier alpha value is -1.77. The SMILES string of the molecule is CCS(=O)(=O)N1CCN(C(=O)c2sc(Cc3ccccc3)nc2C)CC1. The maximum absolute atomic E-state index is 12.8. The smallest absolute Gasteiger partial charge is 0.265 e. The molecular formula is C18H23N3O3S2. The number of carbonyl (C=O) groups is 1. The molecule has 26 heavy (non-hydrogen) atoms. The van der Waals surface area contributed by atoms with Crippen LogP contribution in [0.15, 0.2) is 30.3 Å². The molecular weight excluding hydrogens is 370 g/mol. The highest BCUT2D eigenvalue weighted by Gasteiger charge is 2.29. The molecule has 2 heterocycles. The van der Waals surface area contributed by atoms with Crippen molar-refractivity contribution in [1.29, 1.82) is 0 Å². The standard InChI is InChI=1S/C18H23N3O3S2/c1-3-26(23,24)21-11-9-20(10-12-21)18(22)17-14(2)19-16(25-17)13-15-7-5-4-6-8-15/h4-8H,3,9-13H2,1-2H3. The monoisotopic (exact) mass is 393 g/mol. The van der Waals surface area contributed by atoms with E-state index in [1.54, 1.807) is 11.8 Å². The molecule has 1 fully saturated rings. The van der Waals surface area contributed by atoms with Crippen LogP contribution in [0.3, 0.4) is 0 Å². The Kier molecular flexibility index (Phi) is 5.74. The van der Waals surface area contributed by atoms with E-state index in [0.29, 0.717) is 37.5 Å². The predicted octanol–water partition coefficient (Wildman–Crippen LogP) is 2.15. The van der Waals surface area contributed by atoms with Crippen LogP contribution < -0.4 is 0 Å². The number of sulfonamides is 1. The third-order valence-electron chi connectivity index (χ3n) is 4.52. The number of benzene rings is 1. The molecule has 1 aliphatic heterocycles. The zero-order chi connectivity index (χ0) is 18.7. The predicted molar refractivity (Wildman–Crippen MR) is 103 cm³/mol. The number of aromatic nitrogens is 1. The Balaban J connectivity index is 1.67. The Morgan fingerprint density at radius 3 is 2.42 bits per heavy atom. The topological polar surface area (TPSA) is 70.6 Å². The third-order valence-corrected chi connectivity index (χ3v) is 7.54. The van der Waals surface area contributed by atoms with Gasteiger partial charge < -0.3 is 4.90 Å². The molecule has 140 valence electrons. The van der Waals surface area contributed by atoms with E-state index in [1.165, 1.54) is 21.2 Å². The average molecular weight is 394 g/mol. The molecule has 0 unspecified atom stereocenters. The summed E-state index contributed by atoms with van der Waals surface area (Å²) < 4.78 is 25.4. The molecule has 1 saturated heterocycles. The lowest BCUT2D eigenvalue weighted by atomic mass is 10.2. The Bertz CT molecular complexity index is 870. The van der Waals surface area contributed by atoms with Crippen LogP contribution in [0.4, 0.5) is 0 Å². The number of hydrogen-bond donors (Lipinski definition) is 0. The first kappa shape index (κ1) is 19.0. The second-order valence-corrected chi connectivity index (χ2v) is 9.62. The summed E-state index contributed by atoms with van der Waals surface area (Å²) in [5.41, 5.74) is 1.91. The van der Waals surface area contributed by atoms with Gasteiger partial charge in [0.15, 0.2) is 0 Å². The molecule has 1 aromatic carbocycles. The van der Waals surface area contributed by atoms with Crippen LogP contribution in [0.2, 0.25) is 0 Å². The van der Waals surface area contributed by atoms with Crippen LogP contribution in [-0.2, 0) is 16.4 Å². The Labute approximate surface area is 158 Å². The third kappa shape index (κ3) is 4.13. The summed E-state index contributed by atoms with van der Waals surface area (Å²) in [5, 5.41) is 0.921. The number of aryl methyl sites for hydroxylation is 1. The molecule has 1 aliphatic rings. The first-order valence-corrected chi connectivity index (χ1v) is 11.1.